The van der Waals surface area contributed by atoms with Crippen molar-refractivity contribution in [2.45, 2.75) is 20.4 Å². The first kappa shape index (κ1) is 35.6. The molecular weight excluding hydrogens is 672 g/mol. The molecule has 53 heavy (non-hydrogen) atoms. The van der Waals surface area contributed by atoms with Gasteiger partial charge in [0, 0.05) is 35.9 Å². The monoisotopic (exact) mass is 704 g/mol. The van der Waals surface area contributed by atoms with E-state index in [9.17, 15) is 19.2 Å². The quantitative estimate of drug-likeness (QED) is 0.193. The molecule has 0 amide bonds. The Morgan fingerprint density at radius 2 is 1.38 bits per heavy atom. The van der Waals surface area contributed by atoms with E-state index in [2.05, 4.69) is 19.9 Å². The number of aromatic amines is 1. The van der Waals surface area contributed by atoms with E-state index in [4.69, 9.17) is 14.7 Å². The van der Waals surface area contributed by atoms with Crippen molar-refractivity contribution in [1.82, 2.24) is 24.5 Å². The molecule has 0 aliphatic carbocycles. The Balaban J connectivity index is 0.000000192. The molecule has 2 aromatic carbocycles. The summed E-state index contributed by atoms with van der Waals surface area (Å²) in [6.45, 7) is 3.95. The zero-order valence-electron chi connectivity index (χ0n) is 29.2. The van der Waals surface area contributed by atoms with Crippen molar-refractivity contribution in [3.05, 3.63) is 169 Å². The van der Waals surface area contributed by atoms with Gasteiger partial charge in [-0.1, -0.05) is 6.07 Å². The van der Waals surface area contributed by atoms with Gasteiger partial charge in [-0.25, -0.2) is 15.0 Å². The number of benzene rings is 2. The van der Waals surface area contributed by atoms with Crippen LogP contribution in [-0.4, -0.2) is 50.3 Å². The number of methoxy groups -OCH3 is 2. The molecule has 0 unspecified atom stereocenters. The van der Waals surface area contributed by atoms with Gasteiger partial charge in [0.05, 0.1) is 48.4 Å². The Labute approximate surface area is 303 Å². The maximum atomic E-state index is 13.2. The molecule has 7 rings (SSSR count). The average Bonchev–Trinajstić information content (AvgIpc) is 3.19. The van der Waals surface area contributed by atoms with Gasteiger partial charge in [0.15, 0.2) is 11.6 Å². The molecule has 0 saturated heterocycles. The molecule has 12 nitrogen and oxygen atoms in total. The van der Waals surface area contributed by atoms with Crippen LogP contribution in [0, 0.1) is 25.2 Å². The number of nitrogens with zero attached hydrogens (tertiary/aromatic N) is 5. The highest BCUT2D eigenvalue weighted by molar-refractivity contribution is 6.11. The number of pyridine rings is 5. The zero-order valence-corrected chi connectivity index (χ0v) is 29.2. The summed E-state index contributed by atoms with van der Waals surface area (Å²) < 4.78 is 12.1. The number of nitrogens with one attached hydrogen (secondary N) is 1. The molecule has 5 heterocycles. The highest BCUT2D eigenvalue weighted by Crippen LogP contribution is 2.22. The molecule has 0 fully saturated rings. The second-order valence-corrected chi connectivity index (χ2v) is 12.0. The van der Waals surface area contributed by atoms with E-state index in [1.807, 2.05) is 19.9 Å². The first-order valence-electron chi connectivity index (χ1n) is 16.3. The van der Waals surface area contributed by atoms with E-state index in [1.165, 1.54) is 12.4 Å². The summed E-state index contributed by atoms with van der Waals surface area (Å²) in [6, 6.07) is 23.9. The van der Waals surface area contributed by atoms with Crippen LogP contribution in [0.2, 0.25) is 0 Å². The van der Waals surface area contributed by atoms with Gasteiger partial charge in [-0.3, -0.25) is 19.2 Å². The lowest BCUT2D eigenvalue weighted by Crippen LogP contribution is -2.21. The Morgan fingerprint density at radius 1 is 0.774 bits per heavy atom. The van der Waals surface area contributed by atoms with Crippen molar-refractivity contribution >= 4 is 33.6 Å². The van der Waals surface area contributed by atoms with Gasteiger partial charge in [-0.15, -0.1) is 0 Å². The van der Waals surface area contributed by atoms with Gasteiger partial charge >= 0.3 is 0 Å². The molecule has 0 spiro atoms. The smallest absolute Gasteiger partial charge is 0.202 e. The predicted octanol–water partition coefficient (Wildman–Crippen LogP) is 5.73. The molecule has 0 aliphatic heterocycles. The van der Waals surface area contributed by atoms with Crippen molar-refractivity contribution in [2.75, 3.05) is 14.2 Å². The number of rotatable bonds is 8. The lowest BCUT2D eigenvalue weighted by Gasteiger charge is -2.13. The largest absolute Gasteiger partial charge is 0.496 e. The van der Waals surface area contributed by atoms with Crippen LogP contribution in [0.3, 0.4) is 0 Å². The number of nitriles is 1. The molecule has 7 aromatic rings. The fraction of sp³-hybridized carbons (Fsp3) is 0.122. The highest BCUT2D eigenvalue weighted by atomic mass is 16.5. The van der Waals surface area contributed by atoms with Crippen molar-refractivity contribution in [3.63, 3.8) is 0 Å². The number of hydrogen-bond acceptors (Lipinski definition) is 10. The van der Waals surface area contributed by atoms with Crippen LogP contribution in [0.1, 0.15) is 54.4 Å². The topological polar surface area (TPSA) is 170 Å². The highest BCUT2D eigenvalue weighted by Gasteiger charge is 2.19. The normalized spacial score (nSPS) is 10.6. The third-order valence-electron chi connectivity index (χ3n) is 8.54. The third-order valence-corrected chi connectivity index (χ3v) is 8.54. The molecule has 0 bridgehead atoms. The first-order chi connectivity index (χ1) is 25.6. The third kappa shape index (κ3) is 7.31. The number of carbonyl (C=O) groups is 2. The van der Waals surface area contributed by atoms with E-state index in [0.717, 1.165) is 11.1 Å². The first-order valence-corrected chi connectivity index (χ1v) is 16.3. The summed E-state index contributed by atoms with van der Waals surface area (Å²) in [5, 5.41) is 9.86. The summed E-state index contributed by atoms with van der Waals surface area (Å²) in [6.07, 6.45) is 6.11. The van der Waals surface area contributed by atoms with Gasteiger partial charge in [0.1, 0.15) is 34.6 Å². The lowest BCUT2D eigenvalue weighted by atomic mass is 10.0. The minimum atomic E-state index is -0.381. The Hall–Kier alpha value is -7.26. The molecule has 0 saturated carbocycles. The minimum absolute atomic E-state index is 0.0431. The van der Waals surface area contributed by atoms with Gasteiger partial charge in [-0.2, -0.15) is 5.26 Å². The maximum Gasteiger partial charge on any atom is 0.202 e. The summed E-state index contributed by atoms with van der Waals surface area (Å²) in [4.78, 5) is 66.9. The van der Waals surface area contributed by atoms with Crippen LogP contribution < -0.4 is 20.3 Å². The Kier molecular flexibility index (Phi) is 10.3. The number of fused-ring (bicyclic) bond motifs is 2. The molecule has 0 radical (unpaired) electrons. The number of aromatic nitrogens is 5. The van der Waals surface area contributed by atoms with Crippen LogP contribution >= 0.6 is 0 Å². The lowest BCUT2D eigenvalue weighted by molar-refractivity contribution is 0.102. The van der Waals surface area contributed by atoms with E-state index >= 15 is 0 Å². The van der Waals surface area contributed by atoms with Crippen molar-refractivity contribution in [1.29, 1.82) is 5.26 Å². The van der Waals surface area contributed by atoms with Crippen molar-refractivity contribution < 1.29 is 19.1 Å². The maximum absolute atomic E-state index is 13.2. The van der Waals surface area contributed by atoms with Gasteiger partial charge in [0.2, 0.25) is 10.9 Å². The molecule has 12 heteroatoms. The van der Waals surface area contributed by atoms with Gasteiger partial charge < -0.3 is 19.0 Å². The number of ether oxygens (including phenoxy) is 2. The fourth-order valence-electron chi connectivity index (χ4n) is 5.88. The summed E-state index contributed by atoms with van der Waals surface area (Å²) >= 11 is 0. The molecule has 1 N–H and O–H groups in total. The molecule has 0 aliphatic rings. The number of aryl methyl sites for hydroxylation is 2. The molecule has 0 atom stereocenters. The number of ketones is 2. The Bertz CT molecular complexity index is 2710. The van der Waals surface area contributed by atoms with E-state index in [-0.39, 0.29) is 40.1 Å². The SMILES string of the molecule is COc1ccc(C(=O)c2c[nH]c3ncccc3c2=O)cc1C.COc1ccc(C(=O)c2cn(Cc3cccc(C#N)n3)c3ncccc3c2=O)cc1C. The van der Waals surface area contributed by atoms with E-state index in [1.54, 1.807) is 110 Å². The van der Waals surface area contributed by atoms with Gasteiger partial charge in [0.25, 0.3) is 0 Å². The number of hydrogen-bond donors (Lipinski definition) is 1. The van der Waals surface area contributed by atoms with Crippen molar-refractivity contribution in [2.24, 2.45) is 0 Å². The molecule has 262 valence electrons. The second-order valence-electron chi connectivity index (χ2n) is 12.0. The molecular formula is C41H32N6O6. The van der Waals surface area contributed by atoms with E-state index in [0.29, 0.717) is 56.1 Å². The van der Waals surface area contributed by atoms with Crippen LogP contribution in [0.15, 0.2) is 113 Å². The summed E-state index contributed by atoms with van der Waals surface area (Å²) in [7, 11) is 3.14. The standard InChI is InChI=1S/C24H18N4O3.C17H14N2O3/c1-15-11-16(8-9-21(15)31-2)22(29)20-14-28(13-18-6-3-5-17(12-25)27-18)24-19(23(20)30)7-4-10-26-24;1-10-8-11(5-6-14(10)22-2)15(20)13-9-19-17-12(16(13)21)4-3-7-18-17/h3-11,14H,13H2,1-2H3;3-9H,1-2H3,(H,18,19,21). The van der Waals surface area contributed by atoms with E-state index < -0.39 is 0 Å². The van der Waals surface area contributed by atoms with Crippen LogP contribution in [0.25, 0.3) is 22.1 Å². The van der Waals surface area contributed by atoms with Crippen LogP contribution in [-0.2, 0) is 6.54 Å². The predicted molar refractivity (Wildman–Crippen MR) is 199 cm³/mol. The van der Waals surface area contributed by atoms with Crippen molar-refractivity contribution in [3.8, 4) is 17.6 Å². The second kappa shape index (κ2) is 15.3. The van der Waals surface area contributed by atoms with Crippen LogP contribution in [0.4, 0.5) is 0 Å². The Morgan fingerprint density at radius 3 is 2.00 bits per heavy atom. The van der Waals surface area contributed by atoms with Gasteiger partial charge in [-0.05, 0) is 97.8 Å². The zero-order chi connectivity index (χ0) is 37.6. The van der Waals surface area contributed by atoms with Crippen LogP contribution in [0.5, 0.6) is 11.5 Å². The minimum Gasteiger partial charge on any atom is -0.496 e. The number of H-pyrrole nitrogens is 1. The average molecular weight is 705 g/mol. The summed E-state index contributed by atoms with van der Waals surface area (Å²) in [5.41, 5.74) is 3.76. The number of carbonyl (C=O) groups excluding carboxylic acids is 2. The molecule has 5 aromatic heterocycles. The summed E-state index contributed by atoms with van der Waals surface area (Å²) in [5.74, 6) is 0.667. The fourth-order valence-corrected chi connectivity index (χ4v) is 5.88.